The van der Waals surface area contributed by atoms with E-state index in [1.165, 1.54) is 6.33 Å². The van der Waals surface area contributed by atoms with E-state index in [-0.39, 0.29) is 0 Å². The van der Waals surface area contributed by atoms with Crippen molar-refractivity contribution in [3.8, 4) is 0 Å². The van der Waals surface area contributed by atoms with Gasteiger partial charge in [-0.15, -0.1) is 0 Å². The van der Waals surface area contributed by atoms with E-state index < -0.39 is 10.8 Å². The monoisotopic (exact) mass is 202 g/mol. The van der Waals surface area contributed by atoms with E-state index >= 15 is 0 Å². The molecule has 1 unspecified atom stereocenters. The normalized spacial score (nSPS) is 13.1. The summed E-state index contributed by atoms with van der Waals surface area (Å²) in [6.45, 7) is 0.588. The zero-order valence-corrected chi connectivity index (χ0v) is 8.46. The van der Waals surface area contributed by atoms with Crippen LogP contribution in [0.1, 0.15) is 12.2 Å². The largest absolute Gasteiger partial charge is 0.330 e. The molecule has 74 valence electrons. The van der Waals surface area contributed by atoms with E-state index in [0.29, 0.717) is 18.1 Å². The summed E-state index contributed by atoms with van der Waals surface area (Å²) in [4.78, 5) is 3.99. The molecule has 0 aliphatic carbocycles. The van der Waals surface area contributed by atoms with Crippen LogP contribution in [0, 0.1) is 0 Å². The Hall–Kier alpha value is -0.750. The quantitative estimate of drug-likeness (QED) is 0.692. The first kappa shape index (κ1) is 10.3. The third-order valence-electron chi connectivity index (χ3n) is 1.67. The van der Waals surface area contributed by atoms with E-state index in [1.54, 1.807) is 11.7 Å². The van der Waals surface area contributed by atoms with Gasteiger partial charge in [0.05, 0.1) is 5.75 Å². The number of aromatic nitrogens is 3. The van der Waals surface area contributed by atoms with Crippen LogP contribution in [-0.2, 0) is 23.6 Å². The average molecular weight is 202 g/mol. The molecule has 6 heteroatoms. The van der Waals surface area contributed by atoms with Gasteiger partial charge in [-0.25, -0.2) is 4.98 Å². The van der Waals surface area contributed by atoms with Crippen LogP contribution in [0.25, 0.3) is 0 Å². The van der Waals surface area contributed by atoms with E-state index in [1.807, 2.05) is 0 Å². The molecule has 13 heavy (non-hydrogen) atoms. The van der Waals surface area contributed by atoms with Gasteiger partial charge in [-0.05, 0) is 13.0 Å². The topological polar surface area (TPSA) is 73.8 Å². The molecule has 0 aliphatic rings. The summed E-state index contributed by atoms with van der Waals surface area (Å²) < 4.78 is 13.0. The molecular weight excluding hydrogens is 188 g/mol. The van der Waals surface area contributed by atoms with E-state index in [4.69, 9.17) is 5.73 Å². The van der Waals surface area contributed by atoms with Crippen LogP contribution in [0.15, 0.2) is 6.33 Å². The van der Waals surface area contributed by atoms with E-state index in [0.717, 1.165) is 12.2 Å². The molecule has 0 aliphatic heterocycles. The lowest BCUT2D eigenvalue weighted by Crippen LogP contribution is -2.10. The van der Waals surface area contributed by atoms with Crippen molar-refractivity contribution in [2.45, 2.75) is 12.2 Å². The van der Waals surface area contributed by atoms with Crippen LogP contribution in [0.3, 0.4) is 0 Å². The summed E-state index contributed by atoms with van der Waals surface area (Å²) in [6, 6.07) is 0. The molecule has 0 aromatic carbocycles. The summed E-state index contributed by atoms with van der Waals surface area (Å²) in [5.41, 5.74) is 5.31. The molecule has 0 amide bonds. The number of nitrogens with zero attached hydrogens (tertiary/aromatic N) is 3. The molecular formula is C7H14N4OS. The summed E-state index contributed by atoms with van der Waals surface area (Å²) in [5.74, 6) is 1.87. The number of hydrogen-bond acceptors (Lipinski definition) is 4. The summed E-state index contributed by atoms with van der Waals surface area (Å²) in [5, 5.41) is 3.90. The first-order valence-corrected chi connectivity index (χ1v) is 5.60. The van der Waals surface area contributed by atoms with Gasteiger partial charge < -0.3 is 5.73 Å². The van der Waals surface area contributed by atoms with Crippen LogP contribution >= 0.6 is 0 Å². The molecule has 2 N–H and O–H groups in total. The highest BCUT2D eigenvalue weighted by Gasteiger charge is 2.05. The molecule has 0 fully saturated rings. The maximum absolute atomic E-state index is 11.4. The Morgan fingerprint density at radius 1 is 1.69 bits per heavy atom. The minimum absolute atomic E-state index is 0.469. The Kier molecular flexibility index (Phi) is 4.04. The standard InChI is InChI=1S/C7H14N4OS/c1-11-7(9-6-10-11)5-13(12)4-2-3-8/h6H,2-5,8H2,1H3. The SMILES string of the molecule is Cn1ncnc1CS(=O)CCCN. The lowest BCUT2D eigenvalue weighted by Gasteiger charge is -2.00. The summed E-state index contributed by atoms with van der Waals surface area (Å²) >= 11 is 0. The van der Waals surface area contributed by atoms with Crippen molar-refractivity contribution in [1.29, 1.82) is 0 Å². The lowest BCUT2D eigenvalue weighted by atomic mass is 10.5. The second-order valence-electron chi connectivity index (χ2n) is 2.73. The fourth-order valence-corrected chi connectivity index (χ4v) is 2.09. The average Bonchev–Trinajstić information content (AvgIpc) is 2.48. The minimum Gasteiger partial charge on any atom is -0.330 e. The molecule has 5 nitrogen and oxygen atoms in total. The minimum atomic E-state index is -0.863. The summed E-state index contributed by atoms with van der Waals surface area (Å²) in [7, 11) is 0.931. The van der Waals surface area contributed by atoms with Crippen LogP contribution in [0.2, 0.25) is 0 Å². The molecule has 1 aromatic heterocycles. The molecule has 0 radical (unpaired) electrons. The van der Waals surface area contributed by atoms with Crippen molar-refractivity contribution in [2.24, 2.45) is 12.8 Å². The zero-order valence-electron chi connectivity index (χ0n) is 7.64. The number of nitrogens with two attached hydrogens (primary N) is 1. The molecule has 0 spiro atoms. The van der Waals surface area contributed by atoms with E-state index in [9.17, 15) is 4.21 Å². The van der Waals surface area contributed by atoms with Gasteiger partial charge in [0.15, 0.2) is 0 Å². The summed E-state index contributed by atoms with van der Waals surface area (Å²) in [6.07, 6.45) is 2.26. The van der Waals surface area contributed by atoms with Crippen LogP contribution in [0.4, 0.5) is 0 Å². The highest BCUT2D eigenvalue weighted by Crippen LogP contribution is 1.98. The smallest absolute Gasteiger partial charge is 0.139 e. The van der Waals surface area contributed by atoms with Crippen LogP contribution in [-0.4, -0.2) is 31.3 Å². The maximum atomic E-state index is 11.4. The fraction of sp³-hybridized carbons (Fsp3) is 0.714. The van der Waals surface area contributed by atoms with Crippen molar-refractivity contribution < 1.29 is 4.21 Å². The Morgan fingerprint density at radius 3 is 3.00 bits per heavy atom. The second-order valence-corrected chi connectivity index (χ2v) is 4.31. The van der Waals surface area contributed by atoms with Gasteiger partial charge in [-0.1, -0.05) is 0 Å². The van der Waals surface area contributed by atoms with Crippen LogP contribution < -0.4 is 5.73 Å². The maximum Gasteiger partial charge on any atom is 0.139 e. The van der Waals surface area contributed by atoms with Crippen molar-refractivity contribution >= 4 is 10.8 Å². The van der Waals surface area contributed by atoms with Gasteiger partial charge in [0.2, 0.25) is 0 Å². The number of hydrogen-bond donors (Lipinski definition) is 1. The molecule has 1 aromatic rings. The fourth-order valence-electron chi connectivity index (χ4n) is 0.911. The van der Waals surface area contributed by atoms with Crippen molar-refractivity contribution in [3.05, 3.63) is 12.2 Å². The highest BCUT2D eigenvalue weighted by atomic mass is 32.2. The molecule has 0 saturated heterocycles. The van der Waals surface area contributed by atoms with E-state index in [2.05, 4.69) is 10.1 Å². The van der Waals surface area contributed by atoms with Crippen molar-refractivity contribution in [1.82, 2.24) is 14.8 Å². The molecule has 0 bridgehead atoms. The Balaban J connectivity index is 2.41. The highest BCUT2D eigenvalue weighted by molar-refractivity contribution is 7.84. The molecule has 1 atom stereocenters. The number of aryl methyl sites for hydroxylation is 1. The van der Waals surface area contributed by atoms with Crippen LogP contribution in [0.5, 0.6) is 0 Å². The van der Waals surface area contributed by atoms with Crippen molar-refractivity contribution in [2.75, 3.05) is 12.3 Å². The Bertz CT molecular complexity index is 286. The lowest BCUT2D eigenvalue weighted by molar-refractivity contribution is 0.672. The van der Waals surface area contributed by atoms with Gasteiger partial charge >= 0.3 is 0 Å². The Labute approximate surface area is 79.8 Å². The van der Waals surface area contributed by atoms with Gasteiger partial charge in [-0.2, -0.15) is 5.10 Å². The second kappa shape index (κ2) is 5.08. The van der Waals surface area contributed by atoms with Gasteiger partial charge in [0.1, 0.15) is 12.2 Å². The third-order valence-corrected chi connectivity index (χ3v) is 3.00. The first-order chi connectivity index (χ1) is 6.24. The Morgan fingerprint density at radius 2 is 2.46 bits per heavy atom. The first-order valence-electron chi connectivity index (χ1n) is 4.12. The zero-order chi connectivity index (χ0) is 9.68. The van der Waals surface area contributed by atoms with Gasteiger partial charge in [0.25, 0.3) is 0 Å². The number of rotatable bonds is 5. The third kappa shape index (κ3) is 3.23. The molecule has 1 heterocycles. The van der Waals surface area contributed by atoms with Crippen molar-refractivity contribution in [3.63, 3.8) is 0 Å². The predicted molar refractivity (Wildman–Crippen MR) is 51.4 cm³/mol. The van der Waals surface area contributed by atoms with Gasteiger partial charge in [-0.3, -0.25) is 8.89 Å². The molecule has 0 saturated carbocycles. The predicted octanol–water partition coefficient (Wildman–Crippen LogP) is -0.587. The van der Waals surface area contributed by atoms with Gasteiger partial charge in [0, 0.05) is 23.6 Å². The molecule has 1 rings (SSSR count).